The maximum Gasteiger partial charge on any atom is 0.158 e. The molecule has 0 bridgehead atoms. The van der Waals surface area contributed by atoms with Gasteiger partial charge in [-0.1, -0.05) is 19.9 Å². The van der Waals surface area contributed by atoms with Crippen LogP contribution < -0.4 is 0 Å². The van der Waals surface area contributed by atoms with Gasteiger partial charge in [0.2, 0.25) is 0 Å². The average Bonchev–Trinajstić information content (AvgIpc) is 2.17. The highest BCUT2D eigenvalue weighted by atomic mass is 16.1. The minimum atomic E-state index is 0.401. The first kappa shape index (κ1) is 10.5. The van der Waals surface area contributed by atoms with Crippen molar-refractivity contribution >= 4 is 5.78 Å². The van der Waals surface area contributed by atoms with Crippen molar-refractivity contribution < 1.29 is 4.79 Å². The molecule has 0 aromatic rings. The zero-order chi connectivity index (χ0) is 9.68. The molecule has 1 heteroatoms. The number of carbonyl (C=O) groups excluding carboxylic acids is 1. The fourth-order valence-electron chi connectivity index (χ4n) is 1.89. The quantitative estimate of drug-likeness (QED) is 0.607. The molecule has 0 aromatic heterocycles. The van der Waals surface area contributed by atoms with E-state index in [9.17, 15) is 4.79 Å². The summed E-state index contributed by atoms with van der Waals surface area (Å²) in [6.45, 7) is 4.39. The first-order valence-corrected chi connectivity index (χ1v) is 5.51. The van der Waals surface area contributed by atoms with Crippen molar-refractivity contribution in [2.45, 2.75) is 52.4 Å². The molecule has 1 fully saturated rings. The van der Waals surface area contributed by atoms with Crippen molar-refractivity contribution in [2.24, 2.45) is 5.92 Å². The normalized spacial score (nSPS) is 21.5. The molecular formula is C12H20O. The van der Waals surface area contributed by atoms with Gasteiger partial charge in [0.25, 0.3) is 0 Å². The van der Waals surface area contributed by atoms with Crippen LogP contribution in [0.15, 0.2) is 11.6 Å². The van der Waals surface area contributed by atoms with E-state index in [0.717, 1.165) is 37.7 Å². The Kier molecular flexibility index (Phi) is 4.20. The van der Waals surface area contributed by atoms with Crippen LogP contribution in [0.5, 0.6) is 0 Å². The molecule has 0 saturated heterocycles. The van der Waals surface area contributed by atoms with Crippen molar-refractivity contribution in [3.63, 3.8) is 0 Å². The van der Waals surface area contributed by atoms with Gasteiger partial charge in [-0.15, -0.1) is 0 Å². The molecule has 0 spiro atoms. The summed E-state index contributed by atoms with van der Waals surface area (Å²) in [4.78, 5) is 11.5. The monoisotopic (exact) mass is 180 g/mol. The van der Waals surface area contributed by atoms with Gasteiger partial charge < -0.3 is 0 Å². The van der Waals surface area contributed by atoms with Crippen molar-refractivity contribution in [1.29, 1.82) is 0 Å². The molecule has 0 heterocycles. The van der Waals surface area contributed by atoms with E-state index in [-0.39, 0.29) is 0 Å². The van der Waals surface area contributed by atoms with Gasteiger partial charge in [-0.05, 0) is 43.6 Å². The first-order valence-electron chi connectivity index (χ1n) is 5.51. The highest BCUT2D eigenvalue weighted by Gasteiger charge is 2.15. The van der Waals surface area contributed by atoms with Crippen LogP contribution >= 0.6 is 0 Å². The summed E-state index contributed by atoms with van der Waals surface area (Å²) in [5.41, 5.74) is 1.11. The van der Waals surface area contributed by atoms with Crippen LogP contribution in [-0.2, 0) is 4.79 Å². The third-order valence-corrected chi connectivity index (χ3v) is 2.94. The van der Waals surface area contributed by atoms with Gasteiger partial charge in [0.15, 0.2) is 5.78 Å². The lowest BCUT2D eigenvalue weighted by Crippen LogP contribution is -2.10. The van der Waals surface area contributed by atoms with Crippen LogP contribution in [0.1, 0.15) is 52.4 Å². The molecule has 0 unspecified atom stereocenters. The number of Topliss-reactive ketones (excluding diaryl/α,β-unsaturated/α-hetero) is 1. The Hall–Kier alpha value is -0.590. The van der Waals surface area contributed by atoms with E-state index in [1.165, 1.54) is 6.42 Å². The van der Waals surface area contributed by atoms with Gasteiger partial charge in [-0.2, -0.15) is 0 Å². The highest BCUT2D eigenvalue weighted by Crippen LogP contribution is 2.23. The average molecular weight is 180 g/mol. The van der Waals surface area contributed by atoms with Crippen molar-refractivity contribution in [3.8, 4) is 0 Å². The molecule has 1 nitrogen and oxygen atoms in total. The number of allylic oxidation sites excluding steroid dienone is 2. The Morgan fingerprint density at radius 3 is 2.38 bits per heavy atom. The van der Waals surface area contributed by atoms with Gasteiger partial charge in [-0.25, -0.2) is 0 Å². The third-order valence-electron chi connectivity index (χ3n) is 2.94. The first-order chi connectivity index (χ1) is 6.27. The second-order valence-corrected chi connectivity index (χ2v) is 3.90. The Balaban J connectivity index is 2.61. The second-order valence-electron chi connectivity index (χ2n) is 3.90. The summed E-state index contributed by atoms with van der Waals surface area (Å²) >= 11 is 0. The fourth-order valence-corrected chi connectivity index (χ4v) is 1.89. The van der Waals surface area contributed by atoms with Crippen LogP contribution in [0.2, 0.25) is 0 Å². The van der Waals surface area contributed by atoms with E-state index < -0.39 is 0 Å². The molecule has 0 amide bonds. The predicted octanol–water partition coefficient (Wildman–Crippen LogP) is 3.49. The van der Waals surface area contributed by atoms with E-state index in [0.29, 0.717) is 11.7 Å². The zero-order valence-corrected chi connectivity index (χ0v) is 8.81. The van der Waals surface area contributed by atoms with Gasteiger partial charge in [0.1, 0.15) is 0 Å². The van der Waals surface area contributed by atoms with E-state index in [2.05, 4.69) is 19.9 Å². The predicted molar refractivity (Wildman–Crippen MR) is 55.6 cm³/mol. The molecule has 1 rings (SSSR count). The molecule has 13 heavy (non-hydrogen) atoms. The lowest BCUT2D eigenvalue weighted by molar-refractivity contribution is -0.116. The van der Waals surface area contributed by atoms with Crippen LogP contribution in [0.3, 0.4) is 0 Å². The molecule has 1 aliphatic carbocycles. The summed E-state index contributed by atoms with van der Waals surface area (Å²) < 4.78 is 0. The molecule has 74 valence electrons. The van der Waals surface area contributed by atoms with Crippen LogP contribution in [0, 0.1) is 5.92 Å². The van der Waals surface area contributed by atoms with Gasteiger partial charge in [0.05, 0.1) is 0 Å². The minimum absolute atomic E-state index is 0.401. The summed E-state index contributed by atoms with van der Waals surface area (Å²) in [6.07, 6.45) is 8.65. The summed E-state index contributed by atoms with van der Waals surface area (Å²) in [7, 11) is 0. The third kappa shape index (κ3) is 2.98. The Bertz CT molecular complexity index is 199. The van der Waals surface area contributed by atoms with Crippen LogP contribution in [0.4, 0.5) is 0 Å². The topological polar surface area (TPSA) is 17.1 Å². The summed E-state index contributed by atoms with van der Waals surface area (Å²) in [5, 5.41) is 0. The van der Waals surface area contributed by atoms with Crippen molar-refractivity contribution in [3.05, 3.63) is 11.6 Å². The molecule has 1 aliphatic rings. The van der Waals surface area contributed by atoms with E-state index in [1.807, 2.05) is 0 Å². The molecule has 1 saturated carbocycles. The number of hydrogen-bond donors (Lipinski definition) is 0. The Morgan fingerprint density at radius 1 is 1.23 bits per heavy atom. The lowest BCUT2D eigenvalue weighted by Gasteiger charge is -2.15. The van der Waals surface area contributed by atoms with Gasteiger partial charge >= 0.3 is 0 Å². The fraction of sp³-hybridized carbons (Fsp3) is 0.750. The zero-order valence-electron chi connectivity index (χ0n) is 8.81. The highest BCUT2D eigenvalue weighted by molar-refractivity contribution is 5.95. The number of hydrogen-bond acceptors (Lipinski definition) is 1. The van der Waals surface area contributed by atoms with Gasteiger partial charge in [0, 0.05) is 6.42 Å². The SMILES string of the molecule is CCC(/C=C1\CCCCC1=O)CC. The van der Waals surface area contributed by atoms with E-state index >= 15 is 0 Å². The summed E-state index contributed by atoms with van der Waals surface area (Å²) in [6, 6.07) is 0. The van der Waals surface area contributed by atoms with Crippen LogP contribution in [0.25, 0.3) is 0 Å². The van der Waals surface area contributed by atoms with Crippen LogP contribution in [-0.4, -0.2) is 5.78 Å². The maximum atomic E-state index is 11.5. The lowest BCUT2D eigenvalue weighted by atomic mass is 9.89. The number of carbonyl (C=O) groups is 1. The van der Waals surface area contributed by atoms with Crippen molar-refractivity contribution in [1.82, 2.24) is 0 Å². The van der Waals surface area contributed by atoms with E-state index in [4.69, 9.17) is 0 Å². The molecular weight excluding hydrogens is 160 g/mol. The van der Waals surface area contributed by atoms with Gasteiger partial charge in [-0.3, -0.25) is 4.79 Å². The Labute approximate surface area is 81.2 Å². The maximum absolute atomic E-state index is 11.5. The number of rotatable bonds is 3. The molecule has 0 N–H and O–H groups in total. The second kappa shape index (κ2) is 5.21. The number of ketones is 1. The Morgan fingerprint density at radius 2 is 1.85 bits per heavy atom. The van der Waals surface area contributed by atoms with Crippen molar-refractivity contribution in [2.75, 3.05) is 0 Å². The summed E-state index contributed by atoms with van der Waals surface area (Å²) in [5.74, 6) is 1.02. The molecule has 0 radical (unpaired) electrons. The standard InChI is InChI=1S/C12H20O/c1-3-10(4-2)9-11-7-5-6-8-12(11)13/h9-10H,3-8H2,1-2H3/b11-9+. The minimum Gasteiger partial charge on any atom is -0.295 e. The largest absolute Gasteiger partial charge is 0.295 e. The smallest absolute Gasteiger partial charge is 0.158 e. The molecule has 0 aromatic carbocycles. The molecule has 0 aliphatic heterocycles. The van der Waals surface area contributed by atoms with E-state index in [1.54, 1.807) is 0 Å². The molecule has 0 atom stereocenters.